The van der Waals surface area contributed by atoms with Crippen molar-refractivity contribution in [3.8, 4) is 28.6 Å². The average molecular weight is 495 g/mol. The lowest BCUT2D eigenvalue weighted by Crippen LogP contribution is -2.39. The lowest BCUT2D eigenvalue weighted by molar-refractivity contribution is -0.117. The van der Waals surface area contributed by atoms with Crippen molar-refractivity contribution in [2.45, 2.75) is 32.5 Å². The summed E-state index contributed by atoms with van der Waals surface area (Å²) in [5.74, 6) is 2.21. The highest BCUT2D eigenvalue weighted by Crippen LogP contribution is 2.42. The van der Waals surface area contributed by atoms with Crippen LogP contribution in [-0.4, -0.2) is 62.1 Å². The van der Waals surface area contributed by atoms with Crippen molar-refractivity contribution in [2.24, 2.45) is 0 Å². The van der Waals surface area contributed by atoms with Crippen molar-refractivity contribution in [1.82, 2.24) is 20.2 Å². The van der Waals surface area contributed by atoms with Crippen LogP contribution in [0.5, 0.6) is 17.2 Å². The van der Waals surface area contributed by atoms with Crippen LogP contribution in [-0.2, 0) is 9.53 Å². The van der Waals surface area contributed by atoms with Gasteiger partial charge in [-0.25, -0.2) is 4.98 Å². The highest BCUT2D eigenvalue weighted by atomic mass is 16.5. The molecule has 0 bridgehead atoms. The number of benzene rings is 2. The Labute approximate surface area is 211 Å². The lowest BCUT2D eigenvalue weighted by atomic mass is 10.1. The maximum atomic E-state index is 12.3. The molecule has 1 aliphatic rings. The maximum Gasteiger partial charge on any atom is 0.244 e. The van der Waals surface area contributed by atoms with Crippen LogP contribution in [0.3, 0.4) is 0 Å². The number of rotatable bonds is 7. The van der Waals surface area contributed by atoms with Gasteiger partial charge >= 0.3 is 0 Å². The van der Waals surface area contributed by atoms with Crippen molar-refractivity contribution < 1.29 is 23.7 Å². The monoisotopic (exact) mass is 494 g/mol. The third kappa shape index (κ3) is 5.47. The topological polar surface area (TPSA) is 95.9 Å². The summed E-state index contributed by atoms with van der Waals surface area (Å²) < 4.78 is 24.6. The van der Waals surface area contributed by atoms with Gasteiger partial charge in [-0.2, -0.15) is 0 Å². The van der Waals surface area contributed by atoms with Gasteiger partial charge in [-0.1, -0.05) is 6.07 Å². The van der Waals surface area contributed by atoms with E-state index in [1.807, 2.05) is 57.2 Å². The van der Waals surface area contributed by atoms with E-state index in [2.05, 4.69) is 15.2 Å². The van der Waals surface area contributed by atoms with Crippen molar-refractivity contribution in [3.63, 3.8) is 0 Å². The van der Waals surface area contributed by atoms with Crippen LogP contribution < -0.4 is 24.8 Å². The van der Waals surface area contributed by atoms with Crippen LogP contribution >= 0.6 is 0 Å². The molecule has 1 saturated heterocycles. The number of amides is 1. The smallest absolute Gasteiger partial charge is 0.244 e. The minimum Gasteiger partial charge on any atom is -0.493 e. The summed E-state index contributed by atoms with van der Waals surface area (Å²) in [6.07, 6.45) is 3.23. The Hall–Kier alpha value is -3.56. The molecule has 9 heteroatoms. The van der Waals surface area contributed by atoms with Crippen LogP contribution in [0, 0.1) is 0 Å². The summed E-state index contributed by atoms with van der Waals surface area (Å²) in [4.78, 5) is 17.3. The molecular formula is C27H34N4O5. The molecule has 3 aromatic rings. The lowest BCUT2D eigenvalue weighted by Gasteiger charge is -2.27. The molecule has 1 amide bonds. The second-order valence-electron chi connectivity index (χ2n) is 9.59. The van der Waals surface area contributed by atoms with Crippen LogP contribution in [0.2, 0.25) is 0 Å². The Morgan fingerprint density at radius 3 is 2.44 bits per heavy atom. The van der Waals surface area contributed by atoms with Gasteiger partial charge in [0.25, 0.3) is 0 Å². The zero-order valence-electron chi connectivity index (χ0n) is 21.7. The van der Waals surface area contributed by atoms with Crippen LogP contribution in [0.4, 0.5) is 0 Å². The largest absolute Gasteiger partial charge is 0.493 e. The molecule has 192 valence electrons. The zero-order valence-corrected chi connectivity index (χ0v) is 21.7. The third-order valence-corrected chi connectivity index (χ3v) is 5.78. The molecule has 1 aromatic heterocycles. The molecule has 0 spiro atoms. The number of methoxy groups -OCH3 is 3. The number of ether oxygens (including phenoxy) is 4. The molecule has 0 saturated carbocycles. The van der Waals surface area contributed by atoms with E-state index < -0.39 is 0 Å². The summed E-state index contributed by atoms with van der Waals surface area (Å²) in [6, 6.07) is 9.71. The number of nitrogens with zero attached hydrogens (tertiary/aromatic N) is 2. The van der Waals surface area contributed by atoms with E-state index in [9.17, 15) is 4.79 Å². The van der Waals surface area contributed by atoms with Crippen molar-refractivity contribution in [1.29, 1.82) is 0 Å². The average Bonchev–Trinajstić information content (AvgIpc) is 3.24. The zero-order chi connectivity index (χ0) is 25.9. The van der Waals surface area contributed by atoms with Gasteiger partial charge in [0.05, 0.1) is 45.6 Å². The molecule has 0 radical (unpaired) electrons. The molecule has 2 N–H and O–H groups in total. The number of carbonyl (C=O) groups excluding carboxylic acids is 1. The van der Waals surface area contributed by atoms with Gasteiger partial charge in [0.1, 0.15) is 12.0 Å². The summed E-state index contributed by atoms with van der Waals surface area (Å²) in [5.41, 5.74) is 3.14. The predicted octanol–water partition coefficient (Wildman–Crippen LogP) is 3.78. The second-order valence-corrected chi connectivity index (χ2v) is 9.59. The van der Waals surface area contributed by atoms with Gasteiger partial charge < -0.3 is 28.8 Å². The number of hydrogen-bond donors (Lipinski definition) is 2. The minimum atomic E-state index is -0.300. The van der Waals surface area contributed by atoms with Gasteiger partial charge in [0, 0.05) is 23.7 Å². The van der Waals surface area contributed by atoms with Crippen LogP contribution in [0.15, 0.2) is 36.4 Å². The standard InChI is InChI=1S/C27H34N4O5/c1-27(2,3)30-24(32)10-8-17-7-9-19-20(13-17)31(23-16-36-12-11-28-23)26(29-19)18-14-21(33-4)25(35-6)22(15-18)34-5/h7-10,13-15,23,28H,11-12,16H2,1-6H3,(H,30,32)/b10-8+. The quantitative estimate of drug-likeness (QED) is 0.483. The number of morpholine rings is 1. The predicted molar refractivity (Wildman–Crippen MR) is 140 cm³/mol. The molecule has 1 aliphatic heterocycles. The number of carbonyl (C=O) groups is 1. The van der Waals surface area contributed by atoms with E-state index in [1.165, 1.54) is 0 Å². The number of nitrogens with one attached hydrogen (secondary N) is 2. The summed E-state index contributed by atoms with van der Waals surface area (Å²) in [7, 11) is 4.76. The van der Waals surface area contributed by atoms with Gasteiger partial charge in [0.15, 0.2) is 11.5 Å². The summed E-state index contributed by atoms with van der Waals surface area (Å²) >= 11 is 0. The van der Waals surface area contributed by atoms with Gasteiger partial charge in [-0.15, -0.1) is 0 Å². The fraction of sp³-hybridized carbons (Fsp3) is 0.407. The van der Waals surface area contributed by atoms with Crippen molar-refractivity contribution in [2.75, 3.05) is 41.1 Å². The van der Waals surface area contributed by atoms with E-state index >= 15 is 0 Å². The third-order valence-electron chi connectivity index (χ3n) is 5.78. The van der Waals surface area contributed by atoms with Crippen molar-refractivity contribution in [3.05, 3.63) is 42.0 Å². The summed E-state index contributed by atoms with van der Waals surface area (Å²) in [5, 5.41) is 6.47. The Morgan fingerprint density at radius 2 is 1.86 bits per heavy atom. The number of aromatic nitrogens is 2. The van der Waals surface area contributed by atoms with Crippen molar-refractivity contribution >= 4 is 23.0 Å². The molecule has 0 aliphatic carbocycles. The highest BCUT2D eigenvalue weighted by Gasteiger charge is 2.24. The first-order chi connectivity index (χ1) is 17.2. The molecule has 1 fully saturated rings. The number of fused-ring (bicyclic) bond motifs is 1. The Bertz CT molecular complexity index is 1240. The Balaban J connectivity index is 1.83. The molecule has 2 aromatic carbocycles. The van der Waals surface area contributed by atoms with Crippen LogP contribution in [0.25, 0.3) is 28.5 Å². The van der Waals surface area contributed by atoms with Gasteiger partial charge in [-0.05, 0) is 56.7 Å². The molecule has 2 heterocycles. The molecule has 4 rings (SSSR count). The fourth-order valence-electron chi connectivity index (χ4n) is 4.24. The van der Waals surface area contributed by atoms with E-state index in [4.69, 9.17) is 23.9 Å². The molecule has 36 heavy (non-hydrogen) atoms. The Morgan fingerprint density at radius 1 is 1.14 bits per heavy atom. The fourth-order valence-corrected chi connectivity index (χ4v) is 4.24. The normalized spacial score (nSPS) is 16.3. The number of hydrogen-bond acceptors (Lipinski definition) is 7. The highest BCUT2D eigenvalue weighted by molar-refractivity contribution is 5.93. The van der Waals surface area contributed by atoms with E-state index in [0.717, 1.165) is 34.5 Å². The SMILES string of the molecule is COc1cc(-c2nc3ccc(/C=C/C(=O)NC(C)(C)C)cc3n2C2COCCN2)cc(OC)c1OC. The van der Waals surface area contributed by atoms with E-state index in [0.29, 0.717) is 30.5 Å². The van der Waals surface area contributed by atoms with Gasteiger partial charge in [0.2, 0.25) is 11.7 Å². The number of imidazole rings is 1. The summed E-state index contributed by atoms with van der Waals surface area (Å²) in [6.45, 7) is 7.73. The second kappa shape index (κ2) is 10.6. The molecule has 1 atom stereocenters. The molecule has 1 unspecified atom stereocenters. The van der Waals surface area contributed by atoms with E-state index in [1.54, 1.807) is 27.4 Å². The first kappa shape index (κ1) is 25.5. The van der Waals surface area contributed by atoms with Crippen LogP contribution in [0.1, 0.15) is 32.5 Å². The maximum absolute atomic E-state index is 12.3. The first-order valence-corrected chi connectivity index (χ1v) is 11.9. The first-order valence-electron chi connectivity index (χ1n) is 11.9. The molecule has 9 nitrogen and oxygen atoms in total. The van der Waals surface area contributed by atoms with Gasteiger partial charge in [-0.3, -0.25) is 10.1 Å². The van der Waals surface area contributed by atoms with E-state index in [-0.39, 0.29) is 17.6 Å². The minimum absolute atomic E-state index is 0.124. The Kier molecular flexibility index (Phi) is 7.51. The molecular weight excluding hydrogens is 460 g/mol.